The molecule has 0 fully saturated rings. The van der Waals surface area contributed by atoms with Gasteiger partial charge >= 0.3 is 5.97 Å². The molecule has 0 unspecified atom stereocenters. The van der Waals surface area contributed by atoms with Crippen LogP contribution in [0.4, 0.5) is 5.69 Å². The summed E-state index contributed by atoms with van der Waals surface area (Å²) in [6.45, 7) is 1.94. The summed E-state index contributed by atoms with van der Waals surface area (Å²) in [6, 6.07) is 16.8. The van der Waals surface area contributed by atoms with Gasteiger partial charge in [-0.3, -0.25) is 0 Å². The Balaban J connectivity index is 2.16. The number of benzene rings is 2. The summed E-state index contributed by atoms with van der Waals surface area (Å²) in [4.78, 5) is 12.2. The monoisotopic (exact) mass is 347 g/mol. The largest absolute Gasteiger partial charge is 0.464 e. The van der Waals surface area contributed by atoms with Crippen molar-refractivity contribution in [3.05, 3.63) is 71.5 Å². The van der Waals surface area contributed by atoms with Gasteiger partial charge < -0.3 is 19.8 Å². The van der Waals surface area contributed by atoms with Crippen molar-refractivity contribution < 1.29 is 14.3 Å². The maximum atomic E-state index is 12.2. The van der Waals surface area contributed by atoms with Gasteiger partial charge in [-0.15, -0.1) is 0 Å². The highest BCUT2D eigenvalue weighted by atomic mass is 16.5. The molecular weight excluding hydrogens is 330 g/mol. The normalized spacial score (nSPS) is 10.2. The topological polar surface area (TPSA) is 90.3 Å². The van der Waals surface area contributed by atoms with Gasteiger partial charge in [0.1, 0.15) is 11.8 Å². The Hall–Kier alpha value is -3.72. The van der Waals surface area contributed by atoms with Crippen molar-refractivity contribution in [2.24, 2.45) is 0 Å². The number of aromatic nitrogens is 1. The minimum atomic E-state index is -0.630. The molecule has 0 amide bonds. The molecule has 0 saturated heterocycles. The van der Waals surface area contributed by atoms with Crippen LogP contribution < -0.4 is 10.5 Å². The fourth-order valence-electron chi connectivity index (χ4n) is 2.64. The highest BCUT2D eigenvalue weighted by molar-refractivity contribution is 5.96. The van der Waals surface area contributed by atoms with E-state index in [0.29, 0.717) is 17.2 Å². The smallest absolute Gasteiger partial charge is 0.357 e. The Labute approximate surface area is 151 Å². The third-order valence-electron chi connectivity index (χ3n) is 3.98. The zero-order valence-electron chi connectivity index (χ0n) is 14.4. The van der Waals surface area contributed by atoms with Gasteiger partial charge in [-0.25, -0.2) is 4.79 Å². The molecule has 3 aromatic rings. The molecule has 26 heavy (non-hydrogen) atoms. The third kappa shape index (κ3) is 2.98. The van der Waals surface area contributed by atoms with Crippen molar-refractivity contribution in [1.82, 2.24) is 4.57 Å². The Bertz CT molecular complexity index is 1020. The van der Waals surface area contributed by atoms with E-state index in [2.05, 4.69) is 0 Å². The average Bonchev–Trinajstić information content (AvgIpc) is 2.99. The van der Waals surface area contributed by atoms with Crippen molar-refractivity contribution in [1.29, 1.82) is 5.26 Å². The first-order chi connectivity index (χ1) is 12.6. The van der Waals surface area contributed by atoms with E-state index in [4.69, 9.17) is 15.2 Å². The summed E-state index contributed by atoms with van der Waals surface area (Å²) in [5.74, 6) is 0.585. The van der Waals surface area contributed by atoms with Gasteiger partial charge in [0.15, 0.2) is 11.4 Å². The summed E-state index contributed by atoms with van der Waals surface area (Å²) in [5, 5.41) is 9.27. The van der Waals surface area contributed by atoms with Crippen LogP contribution >= 0.6 is 0 Å². The van der Waals surface area contributed by atoms with E-state index in [9.17, 15) is 10.1 Å². The summed E-state index contributed by atoms with van der Waals surface area (Å²) in [7, 11) is 1.26. The molecular formula is C20H17N3O3. The lowest BCUT2D eigenvalue weighted by Crippen LogP contribution is -2.11. The minimum Gasteiger partial charge on any atom is -0.464 e. The van der Waals surface area contributed by atoms with E-state index >= 15 is 0 Å². The first kappa shape index (κ1) is 17.1. The molecule has 0 atom stereocenters. The number of nitrogen functional groups attached to an aromatic ring is 1. The number of anilines is 1. The molecule has 0 aliphatic rings. The lowest BCUT2D eigenvalue weighted by molar-refractivity contribution is 0.0593. The number of hydrogen-bond donors (Lipinski definition) is 1. The molecule has 3 rings (SSSR count). The van der Waals surface area contributed by atoms with E-state index in [0.717, 1.165) is 5.56 Å². The Kier molecular flexibility index (Phi) is 4.63. The summed E-state index contributed by atoms with van der Waals surface area (Å²) < 4.78 is 12.4. The molecule has 0 radical (unpaired) electrons. The van der Waals surface area contributed by atoms with Crippen LogP contribution in [0.1, 0.15) is 21.6 Å². The van der Waals surface area contributed by atoms with Gasteiger partial charge in [0.05, 0.1) is 24.0 Å². The van der Waals surface area contributed by atoms with Gasteiger partial charge in [-0.2, -0.15) is 5.26 Å². The van der Waals surface area contributed by atoms with Crippen molar-refractivity contribution >= 4 is 11.7 Å². The highest BCUT2D eigenvalue weighted by Gasteiger charge is 2.23. The van der Waals surface area contributed by atoms with E-state index in [1.165, 1.54) is 17.9 Å². The number of nitriles is 1. The predicted molar refractivity (Wildman–Crippen MR) is 97.5 cm³/mol. The first-order valence-corrected chi connectivity index (χ1v) is 7.89. The van der Waals surface area contributed by atoms with Gasteiger partial charge in [0, 0.05) is 6.20 Å². The summed E-state index contributed by atoms with van der Waals surface area (Å²) >= 11 is 0. The molecule has 0 aliphatic carbocycles. The Morgan fingerprint density at radius 1 is 1.12 bits per heavy atom. The summed E-state index contributed by atoms with van der Waals surface area (Å²) in [6.07, 6.45) is 1.50. The van der Waals surface area contributed by atoms with Gasteiger partial charge in [0.25, 0.3) is 0 Å². The van der Waals surface area contributed by atoms with Crippen LogP contribution in [0.15, 0.2) is 54.7 Å². The third-order valence-corrected chi connectivity index (χ3v) is 3.98. The number of para-hydroxylation sites is 3. The maximum Gasteiger partial charge on any atom is 0.357 e. The lowest BCUT2D eigenvalue weighted by Gasteiger charge is -2.15. The number of aryl methyl sites for hydroxylation is 1. The van der Waals surface area contributed by atoms with E-state index in [1.807, 2.05) is 49.4 Å². The molecule has 1 heterocycles. The van der Waals surface area contributed by atoms with Crippen molar-refractivity contribution in [2.75, 3.05) is 12.8 Å². The van der Waals surface area contributed by atoms with Gasteiger partial charge in [-0.1, -0.05) is 30.3 Å². The zero-order valence-corrected chi connectivity index (χ0v) is 14.4. The number of methoxy groups -OCH3 is 1. The second kappa shape index (κ2) is 7.03. The fourth-order valence-corrected chi connectivity index (χ4v) is 2.64. The number of hydrogen-bond acceptors (Lipinski definition) is 5. The minimum absolute atomic E-state index is 0.0741. The number of nitrogens with two attached hydrogens (primary N) is 1. The van der Waals surface area contributed by atoms with Crippen molar-refractivity contribution in [2.45, 2.75) is 6.92 Å². The van der Waals surface area contributed by atoms with Crippen LogP contribution in [0.3, 0.4) is 0 Å². The highest BCUT2D eigenvalue weighted by Crippen LogP contribution is 2.33. The Morgan fingerprint density at radius 2 is 1.77 bits per heavy atom. The number of nitrogens with zero attached hydrogens (tertiary/aromatic N) is 2. The van der Waals surface area contributed by atoms with Crippen molar-refractivity contribution in [3.63, 3.8) is 0 Å². The van der Waals surface area contributed by atoms with Crippen LogP contribution in [0.25, 0.3) is 5.69 Å². The lowest BCUT2D eigenvalue weighted by atomic mass is 10.2. The molecule has 6 nitrogen and oxygen atoms in total. The number of carbonyl (C=O) groups excluding carboxylic acids is 1. The SMILES string of the molecule is COC(=O)c1c(N)c(C#N)cn1-c1ccccc1Oc1ccccc1C. The van der Waals surface area contributed by atoms with Crippen LogP contribution in [0.2, 0.25) is 0 Å². The Morgan fingerprint density at radius 3 is 2.42 bits per heavy atom. The fraction of sp³-hybridized carbons (Fsp3) is 0.100. The van der Waals surface area contributed by atoms with Crippen molar-refractivity contribution in [3.8, 4) is 23.3 Å². The van der Waals surface area contributed by atoms with Crippen LogP contribution in [-0.4, -0.2) is 17.6 Å². The zero-order chi connectivity index (χ0) is 18.7. The summed E-state index contributed by atoms with van der Waals surface area (Å²) in [5.41, 5.74) is 7.87. The molecule has 0 aliphatic heterocycles. The van der Waals surface area contributed by atoms with E-state index in [-0.39, 0.29) is 16.9 Å². The molecule has 1 aromatic heterocycles. The average molecular weight is 347 g/mol. The molecule has 0 saturated carbocycles. The first-order valence-electron chi connectivity index (χ1n) is 7.89. The second-order valence-electron chi connectivity index (χ2n) is 5.61. The molecule has 2 N–H and O–H groups in total. The molecule has 0 spiro atoms. The van der Waals surface area contributed by atoms with Crippen LogP contribution in [0, 0.1) is 18.3 Å². The predicted octanol–water partition coefficient (Wildman–Crippen LogP) is 3.82. The number of esters is 1. The second-order valence-corrected chi connectivity index (χ2v) is 5.61. The van der Waals surface area contributed by atoms with Crippen LogP contribution in [-0.2, 0) is 4.74 Å². The van der Waals surface area contributed by atoms with Gasteiger partial charge in [-0.05, 0) is 30.7 Å². The number of carbonyl (C=O) groups is 1. The number of ether oxygens (including phenoxy) is 2. The standard InChI is InChI=1S/C20H17N3O3/c1-13-7-3-5-9-16(13)26-17-10-6-4-8-15(17)23-12-14(11-21)18(22)19(23)20(24)25-2/h3-10,12H,22H2,1-2H3. The number of rotatable bonds is 4. The molecule has 6 heteroatoms. The maximum absolute atomic E-state index is 12.2. The van der Waals surface area contributed by atoms with Crippen LogP contribution in [0.5, 0.6) is 11.5 Å². The van der Waals surface area contributed by atoms with E-state index < -0.39 is 5.97 Å². The molecule has 0 bridgehead atoms. The quantitative estimate of drug-likeness (QED) is 0.725. The van der Waals surface area contributed by atoms with Gasteiger partial charge in [0.2, 0.25) is 0 Å². The molecule has 130 valence electrons. The van der Waals surface area contributed by atoms with E-state index in [1.54, 1.807) is 12.1 Å². The molecule has 2 aromatic carbocycles.